The number of anilines is 4. The molecule has 0 unspecified atom stereocenters. The summed E-state index contributed by atoms with van der Waals surface area (Å²) in [4.78, 5) is 58.3. The van der Waals surface area contributed by atoms with Crippen LogP contribution in [-0.2, 0) is 14.4 Å². The standard InChI is InChI=1S/C43H56N10O4/c1-27(44-5)41(55)49-39(43(2,3)4)38(54)37-32(25-53-16-8-9-35(37)53)42(56)48-34-23-31-33(24-36(34)57-7)45-26-46-40(31)47-28-10-12-29(13-11-28)51-19-21-52(22-20-51)30-14-17-50(6)18-15-30/h8-13,16,23-27,30,37,39,44H,14-15,17-22H2,1-7H3,(H,48,56)(H,49,55)(H,45,46,47)/t27-,37-,39+/m0/s1. The fraction of sp³-hybridized carbons (Fsp3) is 0.465. The van der Waals surface area contributed by atoms with Crippen LogP contribution >= 0.6 is 0 Å². The van der Waals surface area contributed by atoms with E-state index in [1.165, 1.54) is 45.1 Å². The van der Waals surface area contributed by atoms with Crippen molar-refractivity contribution in [3.63, 3.8) is 0 Å². The number of benzene rings is 2. The van der Waals surface area contributed by atoms with E-state index in [1.807, 2.05) is 32.9 Å². The number of hydrogen-bond acceptors (Lipinski definition) is 11. The Kier molecular flexibility index (Phi) is 11.7. The molecule has 2 saturated heterocycles. The Hall–Kier alpha value is -5.31. The molecule has 3 atom stereocenters. The van der Waals surface area contributed by atoms with Crippen LogP contribution in [0, 0.1) is 5.41 Å². The second-order valence-corrected chi connectivity index (χ2v) is 16.6. The lowest BCUT2D eigenvalue weighted by Gasteiger charge is -2.42. The topological polar surface area (TPSA) is 149 Å². The quantitative estimate of drug-likeness (QED) is 0.159. The molecule has 3 aliphatic heterocycles. The molecule has 4 N–H and O–H groups in total. The number of carbonyl (C=O) groups is 3. The Labute approximate surface area is 335 Å². The van der Waals surface area contributed by atoms with E-state index in [9.17, 15) is 14.4 Å². The van der Waals surface area contributed by atoms with Gasteiger partial charge in [0.15, 0.2) is 5.78 Å². The largest absolute Gasteiger partial charge is 0.494 e. The van der Waals surface area contributed by atoms with E-state index in [4.69, 9.17) is 4.74 Å². The Morgan fingerprint density at radius 1 is 0.947 bits per heavy atom. The van der Waals surface area contributed by atoms with Gasteiger partial charge in [-0.3, -0.25) is 19.3 Å². The Balaban J connectivity index is 1.08. The number of likely N-dealkylation sites (tertiary alicyclic amines) is 1. The van der Waals surface area contributed by atoms with E-state index in [1.54, 1.807) is 43.1 Å². The zero-order valence-corrected chi connectivity index (χ0v) is 34.1. The summed E-state index contributed by atoms with van der Waals surface area (Å²) in [5.74, 6) is -0.971. The number of likely N-dealkylation sites (N-methyl/N-ethyl adjacent to an activating group) is 1. The number of nitrogens with one attached hydrogen (secondary N) is 4. The normalized spacial score (nSPS) is 19.1. The SMILES string of the molecule is CN[C@@H](C)C(=O)N[C@H](C(=O)[C@H]1C(C(=O)Nc2cc3c(Nc4ccc(N5CCN(C6CCN(C)CC6)CC5)cc4)ncnc3cc2OC)=Cn2cccc21)C(C)(C)C. The number of piperazine rings is 1. The number of nitrogens with zero attached hydrogens (tertiary/aromatic N) is 6. The highest BCUT2D eigenvalue weighted by Gasteiger charge is 2.43. The number of Topliss-reactive ketones (excluding diaryl/α,β-unsaturated/α-hetero) is 1. The van der Waals surface area contributed by atoms with E-state index < -0.39 is 29.3 Å². The number of ketones is 1. The van der Waals surface area contributed by atoms with E-state index >= 15 is 0 Å². The smallest absolute Gasteiger partial charge is 0.254 e. The van der Waals surface area contributed by atoms with Crippen molar-refractivity contribution >= 4 is 57.6 Å². The van der Waals surface area contributed by atoms with Crippen molar-refractivity contribution < 1.29 is 19.1 Å². The lowest BCUT2D eigenvalue weighted by Crippen LogP contribution is -2.54. The van der Waals surface area contributed by atoms with Gasteiger partial charge in [0.2, 0.25) is 5.91 Å². The van der Waals surface area contributed by atoms with Crippen molar-refractivity contribution in [3.8, 4) is 5.75 Å². The molecule has 5 heterocycles. The van der Waals surface area contributed by atoms with Crippen molar-refractivity contribution in [1.82, 2.24) is 35.0 Å². The van der Waals surface area contributed by atoms with Crippen LogP contribution in [-0.4, -0.2) is 121 Å². The zero-order chi connectivity index (χ0) is 40.4. The van der Waals surface area contributed by atoms with Crippen molar-refractivity contribution in [2.45, 2.75) is 64.6 Å². The molecular weight excluding hydrogens is 721 g/mol. The van der Waals surface area contributed by atoms with Crippen LogP contribution in [0.1, 0.15) is 52.1 Å². The van der Waals surface area contributed by atoms with Gasteiger partial charge in [-0.1, -0.05) is 20.8 Å². The fourth-order valence-electron chi connectivity index (χ4n) is 8.16. The molecule has 3 aliphatic rings. The summed E-state index contributed by atoms with van der Waals surface area (Å²) in [6, 6.07) is 14.9. The average molecular weight is 777 g/mol. The molecule has 57 heavy (non-hydrogen) atoms. The first-order valence-corrected chi connectivity index (χ1v) is 19.9. The second-order valence-electron chi connectivity index (χ2n) is 16.6. The maximum absolute atomic E-state index is 14.5. The summed E-state index contributed by atoms with van der Waals surface area (Å²) in [7, 11) is 5.43. The third-order valence-electron chi connectivity index (χ3n) is 11.7. The first-order valence-electron chi connectivity index (χ1n) is 19.9. The van der Waals surface area contributed by atoms with Gasteiger partial charge in [0.1, 0.15) is 17.9 Å². The molecule has 0 saturated carbocycles. The Morgan fingerprint density at radius 3 is 2.33 bits per heavy atom. The van der Waals surface area contributed by atoms with Crippen LogP contribution in [0.25, 0.3) is 17.1 Å². The number of carbonyl (C=O) groups excluding carboxylic acids is 3. The number of amides is 2. The highest BCUT2D eigenvalue weighted by molar-refractivity contribution is 6.15. The number of ether oxygens (including phenoxy) is 1. The van der Waals surface area contributed by atoms with Crippen LogP contribution < -0.4 is 30.9 Å². The molecular formula is C43H56N10O4. The first kappa shape index (κ1) is 39.9. The van der Waals surface area contributed by atoms with Crippen LogP contribution in [0.15, 0.2) is 66.6 Å². The summed E-state index contributed by atoms with van der Waals surface area (Å²) < 4.78 is 7.50. The Bertz CT molecular complexity index is 2130. The number of fused-ring (bicyclic) bond motifs is 2. The van der Waals surface area contributed by atoms with E-state index in [-0.39, 0.29) is 17.3 Å². The predicted octanol–water partition coefficient (Wildman–Crippen LogP) is 4.68. The number of hydrogen-bond donors (Lipinski definition) is 4. The minimum absolute atomic E-state index is 0.258. The highest BCUT2D eigenvalue weighted by Crippen LogP contribution is 2.39. The minimum Gasteiger partial charge on any atom is -0.494 e. The van der Waals surface area contributed by atoms with Crippen LogP contribution in [0.5, 0.6) is 5.75 Å². The monoisotopic (exact) mass is 776 g/mol. The summed E-state index contributed by atoms with van der Waals surface area (Å²) >= 11 is 0. The van der Waals surface area contributed by atoms with E-state index in [0.29, 0.717) is 39.9 Å². The molecule has 2 fully saturated rings. The summed E-state index contributed by atoms with van der Waals surface area (Å²) in [5, 5.41) is 13.0. The fourth-order valence-corrected chi connectivity index (χ4v) is 8.16. The third kappa shape index (κ3) is 8.53. The van der Waals surface area contributed by atoms with Crippen molar-refractivity contribution in [1.29, 1.82) is 0 Å². The summed E-state index contributed by atoms with van der Waals surface area (Å²) in [6.07, 6.45) is 7.48. The molecule has 4 aromatic rings. The third-order valence-corrected chi connectivity index (χ3v) is 11.7. The average Bonchev–Trinajstić information content (AvgIpc) is 3.82. The van der Waals surface area contributed by atoms with Crippen LogP contribution in [0.2, 0.25) is 0 Å². The van der Waals surface area contributed by atoms with Crippen LogP contribution in [0.4, 0.5) is 22.9 Å². The van der Waals surface area contributed by atoms with E-state index in [0.717, 1.165) is 31.9 Å². The van der Waals surface area contributed by atoms with Crippen molar-refractivity contribution in [2.75, 3.05) is 76.0 Å². The van der Waals surface area contributed by atoms with Gasteiger partial charge in [-0.15, -0.1) is 0 Å². The highest BCUT2D eigenvalue weighted by atomic mass is 16.5. The molecule has 14 nitrogen and oxygen atoms in total. The van der Waals surface area contributed by atoms with Gasteiger partial charge in [-0.2, -0.15) is 0 Å². The van der Waals surface area contributed by atoms with Gasteiger partial charge in [0.05, 0.1) is 41.9 Å². The van der Waals surface area contributed by atoms with Gasteiger partial charge >= 0.3 is 0 Å². The van der Waals surface area contributed by atoms with Crippen molar-refractivity contribution in [3.05, 3.63) is 72.3 Å². The maximum atomic E-state index is 14.5. The molecule has 2 amide bonds. The van der Waals surface area contributed by atoms with E-state index in [2.05, 4.69) is 77.2 Å². The molecule has 0 aliphatic carbocycles. The molecule has 0 spiro atoms. The zero-order valence-electron chi connectivity index (χ0n) is 34.1. The minimum atomic E-state index is -0.910. The molecule has 0 bridgehead atoms. The summed E-state index contributed by atoms with van der Waals surface area (Å²) in [5.41, 5.74) is 3.37. The van der Waals surface area contributed by atoms with Crippen molar-refractivity contribution in [2.24, 2.45) is 5.41 Å². The lowest BCUT2D eigenvalue weighted by molar-refractivity contribution is -0.131. The first-order chi connectivity index (χ1) is 27.3. The predicted molar refractivity (Wildman–Crippen MR) is 225 cm³/mol. The number of aromatic nitrogens is 3. The molecule has 2 aromatic carbocycles. The number of piperidine rings is 1. The number of methoxy groups -OCH3 is 1. The molecule has 7 rings (SSSR count). The molecule has 2 aromatic heterocycles. The number of rotatable bonds is 12. The van der Waals surface area contributed by atoms with Gasteiger partial charge in [-0.05, 0) is 94.8 Å². The Morgan fingerprint density at radius 2 is 1.67 bits per heavy atom. The van der Waals surface area contributed by atoms with Crippen LogP contribution in [0.3, 0.4) is 0 Å². The molecule has 14 heteroatoms. The second kappa shape index (κ2) is 16.7. The lowest BCUT2D eigenvalue weighted by atomic mass is 9.77. The van der Waals surface area contributed by atoms with Gasteiger partial charge in [0, 0.05) is 73.1 Å². The summed E-state index contributed by atoms with van der Waals surface area (Å²) in [6.45, 7) is 14.0. The van der Waals surface area contributed by atoms with Gasteiger partial charge in [0.25, 0.3) is 5.91 Å². The van der Waals surface area contributed by atoms with Gasteiger partial charge in [-0.25, -0.2) is 9.97 Å². The molecule has 302 valence electrons. The van der Waals surface area contributed by atoms with Gasteiger partial charge < -0.3 is 40.4 Å². The maximum Gasteiger partial charge on any atom is 0.254 e. The molecule has 0 radical (unpaired) electrons.